The van der Waals surface area contributed by atoms with Gasteiger partial charge in [0.1, 0.15) is 11.3 Å². The van der Waals surface area contributed by atoms with E-state index in [9.17, 15) is 0 Å². The van der Waals surface area contributed by atoms with Crippen molar-refractivity contribution in [3.8, 4) is 0 Å². The van der Waals surface area contributed by atoms with Gasteiger partial charge >= 0.3 is 0 Å². The Kier molecular flexibility index (Phi) is 5.89. The van der Waals surface area contributed by atoms with E-state index < -0.39 is 0 Å². The van der Waals surface area contributed by atoms with Gasteiger partial charge in [-0.1, -0.05) is 39.0 Å². The normalized spacial score (nSPS) is 15.3. The lowest BCUT2D eigenvalue weighted by Gasteiger charge is -2.30. The fourth-order valence-corrected chi connectivity index (χ4v) is 2.62. The lowest BCUT2D eigenvalue weighted by molar-refractivity contribution is 0.0205. The molecular weight excluding hydrogens is 302 g/mol. The summed E-state index contributed by atoms with van der Waals surface area (Å²) in [4.78, 5) is 4.29. The molecule has 1 aromatic carbocycles. The molecule has 2 N–H and O–H groups in total. The molecule has 0 aliphatic carbocycles. The van der Waals surface area contributed by atoms with Gasteiger partial charge in [-0.2, -0.15) is 0 Å². The number of nitrogens with one attached hydrogen (secondary N) is 2. The molecule has 5 nitrogen and oxygen atoms in total. The van der Waals surface area contributed by atoms with Crippen molar-refractivity contribution in [1.82, 2.24) is 10.6 Å². The molecule has 0 aliphatic heterocycles. The zero-order valence-corrected chi connectivity index (χ0v) is 15.5. The smallest absolute Gasteiger partial charge is 0.191 e. The number of furan rings is 1. The fourth-order valence-electron chi connectivity index (χ4n) is 2.62. The Hall–Kier alpha value is -2.01. The molecule has 2 rings (SSSR count). The molecule has 132 valence electrons. The number of hydrogen-bond donors (Lipinski definition) is 2. The first kappa shape index (κ1) is 18.3. The van der Waals surface area contributed by atoms with Crippen molar-refractivity contribution >= 4 is 16.9 Å². The molecule has 0 saturated heterocycles. The summed E-state index contributed by atoms with van der Waals surface area (Å²) in [6.07, 6.45) is 0.0950. The minimum absolute atomic E-state index is 0.0132. The lowest BCUT2D eigenvalue weighted by atomic mass is 9.89. The third-order valence-electron chi connectivity index (χ3n) is 4.15. The summed E-state index contributed by atoms with van der Waals surface area (Å²) in [5.41, 5.74) is 0.960. The summed E-state index contributed by atoms with van der Waals surface area (Å²) >= 11 is 0. The summed E-state index contributed by atoms with van der Waals surface area (Å²) in [7, 11) is 3.50. The average Bonchev–Trinajstić information content (AvgIpc) is 2.97. The summed E-state index contributed by atoms with van der Waals surface area (Å²) in [5.74, 6) is 1.62. The molecule has 2 aromatic rings. The molecule has 0 bridgehead atoms. The van der Waals surface area contributed by atoms with Crippen molar-refractivity contribution in [2.45, 2.75) is 39.8 Å². The van der Waals surface area contributed by atoms with Crippen LogP contribution in [0, 0.1) is 5.41 Å². The van der Waals surface area contributed by atoms with Gasteiger partial charge in [-0.25, -0.2) is 0 Å². The molecule has 24 heavy (non-hydrogen) atoms. The second kappa shape index (κ2) is 7.71. The maximum Gasteiger partial charge on any atom is 0.191 e. The van der Waals surface area contributed by atoms with E-state index in [-0.39, 0.29) is 17.6 Å². The molecule has 0 saturated carbocycles. The van der Waals surface area contributed by atoms with Crippen LogP contribution >= 0.6 is 0 Å². The number of methoxy groups -OCH3 is 1. The van der Waals surface area contributed by atoms with Crippen molar-refractivity contribution in [3.63, 3.8) is 0 Å². The molecule has 5 heteroatoms. The summed E-state index contributed by atoms with van der Waals surface area (Å²) in [5, 5.41) is 7.81. The minimum atomic E-state index is 0.0132. The Morgan fingerprint density at radius 3 is 2.58 bits per heavy atom. The number of para-hydroxylation sites is 1. The Labute approximate surface area is 144 Å². The first-order valence-electron chi connectivity index (χ1n) is 8.33. The highest BCUT2D eigenvalue weighted by atomic mass is 16.5. The molecule has 2 unspecified atom stereocenters. The highest BCUT2D eigenvalue weighted by Crippen LogP contribution is 2.23. The summed E-state index contributed by atoms with van der Waals surface area (Å²) < 4.78 is 11.5. The van der Waals surface area contributed by atoms with Crippen LogP contribution in [0.4, 0.5) is 0 Å². The van der Waals surface area contributed by atoms with E-state index in [1.807, 2.05) is 18.2 Å². The van der Waals surface area contributed by atoms with Crippen LogP contribution in [0.2, 0.25) is 0 Å². The zero-order valence-electron chi connectivity index (χ0n) is 15.5. The second-order valence-corrected chi connectivity index (χ2v) is 7.10. The highest BCUT2D eigenvalue weighted by molar-refractivity contribution is 5.81. The van der Waals surface area contributed by atoms with Gasteiger partial charge in [0.25, 0.3) is 0 Å². The highest BCUT2D eigenvalue weighted by Gasteiger charge is 2.24. The number of aliphatic imine (C=N–C) groups is 1. The van der Waals surface area contributed by atoms with Gasteiger partial charge in [-0.05, 0) is 24.5 Å². The fraction of sp³-hybridized carbons (Fsp3) is 0.526. The molecule has 0 radical (unpaired) electrons. The standard InChI is InChI=1S/C19H29N3O2/c1-13(16-11-14-9-7-8-10-15(14)24-16)22-18(20-5)21-12-17(23-6)19(2,3)4/h7-11,13,17H,12H2,1-6H3,(H2,20,21,22). The van der Waals surface area contributed by atoms with Crippen molar-refractivity contribution in [2.24, 2.45) is 10.4 Å². The van der Waals surface area contributed by atoms with Gasteiger partial charge in [0.15, 0.2) is 5.96 Å². The van der Waals surface area contributed by atoms with Crippen LogP contribution in [0.15, 0.2) is 39.7 Å². The van der Waals surface area contributed by atoms with E-state index in [0.29, 0.717) is 6.54 Å². The van der Waals surface area contributed by atoms with E-state index in [0.717, 1.165) is 22.7 Å². The monoisotopic (exact) mass is 331 g/mol. The SMILES string of the molecule is CN=C(NCC(OC)C(C)(C)C)NC(C)c1cc2ccccc2o1. The second-order valence-electron chi connectivity index (χ2n) is 7.10. The molecule has 0 spiro atoms. The Balaban J connectivity index is 1.99. The van der Waals surface area contributed by atoms with Crippen molar-refractivity contribution in [2.75, 3.05) is 20.7 Å². The average molecular weight is 331 g/mol. The van der Waals surface area contributed by atoms with E-state index in [1.165, 1.54) is 0 Å². The number of hydrogen-bond acceptors (Lipinski definition) is 3. The van der Waals surface area contributed by atoms with E-state index >= 15 is 0 Å². The lowest BCUT2D eigenvalue weighted by Crippen LogP contribution is -2.45. The first-order chi connectivity index (χ1) is 11.3. The summed E-state index contributed by atoms with van der Waals surface area (Å²) in [6, 6.07) is 10.1. The van der Waals surface area contributed by atoms with Gasteiger partial charge < -0.3 is 19.8 Å². The van der Waals surface area contributed by atoms with Gasteiger partial charge in [0, 0.05) is 26.1 Å². The number of nitrogens with zero attached hydrogens (tertiary/aromatic N) is 1. The molecule has 1 aromatic heterocycles. The van der Waals surface area contributed by atoms with Gasteiger partial charge in [0.05, 0.1) is 12.1 Å². The van der Waals surface area contributed by atoms with Crippen LogP contribution in [-0.2, 0) is 4.74 Å². The topological polar surface area (TPSA) is 58.8 Å². The number of rotatable bonds is 5. The third kappa shape index (κ3) is 4.51. The maximum atomic E-state index is 5.91. The Morgan fingerprint density at radius 1 is 1.29 bits per heavy atom. The predicted octanol–water partition coefficient (Wildman–Crippen LogP) is 3.72. The Morgan fingerprint density at radius 2 is 2.00 bits per heavy atom. The van der Waals surface area contributed by atoms with Gasteiger partial charge in [-0.3, -0.25) is 4.99 Å². The number of guanidine groups is 1. The van der Waals surface area contributed by atoms with Crippen LogP contribution in [0.1, 0.15) is 39.5 Å². The molecule has 0 fully saturated rings. The van der Waals surface area contributed by atoms with Crippen molar-refractivity contribution < 1.29 is 9.15 Å². The minimum Gasteiger partial charge on any atom is -0.459 e. The zero-order chi connectivity index (χ0) is 17.7. The number of benzene rings is 1. The third-order valence-corrected chi connectivity index (χ3v) is 4.15. The van der Waals surface area contributed by atoms with Gasteiger partial charge in [-0.15, -0.1) is 0 Å². The van der Waals surface area contributed by atoms with Crippen LogP contribution in [0.5, 0.6) is 0 Å². The van der Waals surface area contributed by atoms with Crippen molar-refractivity contribution in [1.29, 1.82) is 0 Å². The van der Waals surface area contributed by atoms with Crippen LogP contribution in [-0.4, -0.2) is 32.8 Å². The van der Waals surface area contributed by atoms with Crippen LogP contribution < -0.4 is 10.6 Å². The van der Waals surface area contributed by atoms with Gasteiger partial charge in [0.2, 0.25) is 0 Å². The molecule has 0 amide bonds. The predicted molar refractivity (Wildman–Crippen MR) is 99.4 cm³/mol. The Bertz CT molecular complexity index is 652. The van der Waals surface area contributed by atoms with Crippen LogP contribution in [0.3, 0.4) is 0 Å². The van der Waals surface area contributed by atoms with Crippen LogP contribution in [0.25, 0.3) is 11.0 Å². The molecular formula is C19H29N3O2. The maximum absolute atomic E-state index is 5.91. The van der Waals surface area contributed by atoms with E-state index in [1.54, 1.807) is 14.2 Å². The van der Waals surface area contributed by atoms with Crippen molar-refractivity contribution in [3.05, 3.63) is 36.1 Å². The van der Waals surface area contributed by atoms with E-state index in [4.69, 9.17) is 9.15 Å². The number of fused-ring (bicyclic) bond motifs is 1. The molecule has 0 aliphatic rings. The quantitative estimate of drug-likeness (QED) is 0.647. The largest absolute Gasteiger partial charge is 0.459 e. The first-order valence-corrected chi connectivity index (χ1v) is 8.33. The molecule has 1 heterocycles. The summed E-state index contributed by atoms with van der Waals surface area (Å²) in [6.45, 7) is 9.23. The molecule has 2 atom stereocenters. The van der Waals surface area contributed by atoms with E-state index in [2.05, 4.69) is 55.5 Å². The number of ether oxygens (including phenoxy) is 1.